The number of oxazole rings is 1. The van der Waals surface area contributed by atoms with Gasteiger partial charge in [0.15, 0.2) is 0 Å². The molecule has 4 nitrogen and oxygen atoms in total. The maximum Gasteiger partial charge on any atom is 0.250 e. The van der Waals surface area contributed by atoms with E-state index < -0.39 is 0 Å². The van der Waals surface area contributed by atoms with Gasteiger partial charge in [-0.25, -0.2) is 9.97 Å². The molecule has 0 saturated heterocycles. The van der Waals surface area contributed by atoms with Crippen LogP contribution in [0.5, 0.6) is 0 Å². The lowest BCUT2D eigenvalue weighted by Gasteiger charge is -2.11. The van der Waals surface area contributed by atoms with Crippen LogP contribution in [0.3, 0.4) is 0 Å². The molecular formula is C9H11N3O. The van der Waals surface area contributed by atoms with E-state index in [9.17, 15) is 0 Å². The number of rotatable bonds is 0. The largest absolute Gasteiger partial charge is 0.422 e. The molecule has 0 N–H and O–H groups in total. The first-order chi connectivity index (χ1) is 6.07. The zero-order chi connectivity index (χ0) is 9.47. The second-order valence-corrected chi connectivity index (χ2v) is 3.98. The van der Waals surface area contributed by atoms with Crippen LogP contribution in [0.4, 0.5) is 0 Å². The topological polar surface area (TPSA) is 51.8 Å². The number of fused-ring (bicyclic) bond motifs is 1. The van der Waals surface area contributed by atoms with E-state index in [0.717, 1.165) is 0 Å². The molecule has 0 spiro atoms. The van der Waals surface area contributed by atoms with Crippen molar-refractivity contribution in [3.63, 3.8) is 0 Å². The standard InChI is InChI=1S/C9H11N3O/c1-9(2,3)8-12-6-4-10-5-11-7(6)13-8/h4-5H,1-3H3. The average molecular weight is 177 g/mol. The molecule has 0 unspecified atom stereocenters. The van der Waals surface area contributed by atoms with Gasteiger partial charge in [-0.1, -0.05) is 20.8 Å². The highest BCUT2D eigenvalue weighted by Crippen LogP contribution is 2.23. The predicted molar refractivity (Wildman–Crippen MR) is 48.3 cm³/mol. The first-order valence-corrected chi connectivity index (χ1v) is 4.14. The fourth-order valence-corrected chi connectivity index (χ4v) is 1.01. The Morgan fingerprint density at radius 2 is 2.08 bits per heavy atom. The van der Waals surface area contributed by atoms with Crippen molar-refractivity contribution in [3.8, 4) is 0 Å². The minimum atomic E-state index is -0.0826. The highest BCUT2D eigenvalue weighted by Gasteiger charge is 2.21. The van der Waals surface area contributed by atoms with Crippen LogP contribution in [0.25, 0.3) is 11.2 Å². The minimum absolute atomic E-state index is 0.0826. The minimum Gasteiger partial charge on any atom is -0.422 e. The third kappa shape index (κ3) is 1.39. The van der Waals surface area contributed by atoms with E-state index in [1.807, 2.05) is 20.8 Å². The molecule has 2 aromatic rings. The van der Waals surface area contributed by atoms with Crippen molar-refractivity contribution in [1.82, 2.24) is 15.0 Å². The third-order valence-corrected chi connectivity index (χ3v) is 1.71. The van der Waals surface area contributed by atoms with Gasteiger partial charge in [0.05, 0.1) is 6.20 Å². The Bertz CT molecular complexity index is 395. The summed E-state index contributed by atoms with van der Waals surface area (Å²) in [5.41, 5.74) is 1.19. The molecule has 13 heavy (non-hydrogen) atoms. The lowest BCUT2D eigenvalue weighted by molar-refractivity contribution is 0.407. The van der Waals surface area contributed by atoms with Crippen molar-refractivity contribution in [2.75, 3.05) is 0 Å². The molecule has 4 heteroatoms. The molecule has 0 bridgehead atoms. The van der Waals surface area contributed by atoms with E-state index in [2.05, 4.69) is 15.0 Å². The second kappa shape index (κ2) is 2.52. The van der Waals surface area contributed by atoms with Gasteiger partial charge in [0.2, 0.25) is 11.6 Å². The molecule has 0 aliphatic heterocycles. The maximum atomic E-state index is 5.47. The van der Waals surface area contributed by atoms with Gasteiger partial charge in [0, 0.05) is 5.41 Å². The Labute approximate surface area is 76.0 Å². The van der Waals surface area contributed by atoms with E-state index in [0.29, 0.717) is 17.1 Å². The van der Waals surface area contributed by atoms with Crippen molar-refractivity contribution >= 4 is 11.2 Å². The lowest BCUT2D eigenvalue weighted by Crippen LogP contribution is -2.10. The van der Waals surface area contributed by atoms with Gasteiger partial charge in [0.1, 0.15) is 11.8 Å². The Kier molecular flexibility index (Phi) is 1.58. The van der Waals surface area contributed by atoms with Crippen molar-refractivity contribution in [3.05, 3.63) is 18.4 Å². The molecule has 0 aromatic carbocycles. The first kappa shape index (κ1) is 8.16. The van der Waals surface area contributed by atoms with Crippen LogP contribution in [-0.4, -0.2) is 15.0 Å². The molecule has 2 rings (SSSR count). The lowest BCUT2D eigenvalue weighted by atomic mass is 9.97. The molecule has 2 aromatic heterocycles. The fourth-order valence-electron chi connectivity index (χ4n) is 1.01. The van der Waals surface area contributed by atoms with Crippen molar-refractivity contribution < 1.29 is 4.42 Å². The van der Waals surface area contributed by atoms with Gasteiger partial charge in [0.25, 0.3) is 0 Å². The molecule has 2 heterocycles. The molecule has 0 aliphatic rings. The normalized spacial score (nSPS) is 12.2. The zero-order valence-electron chi connectivity index (χ0n) is 7.90. The van der Waals surface area contributed by atoms with Crippen LogP contribution >= 0.6 is 0 Å². The van der Waals surface area contributed by atoms with Crippen LogP contribution in [0.1, 0.15) is 26.7 Å². The SMILES string of the molecule is CC(C)(C)c1nc2cncnc2o1. The van der Waals surface area contributed by atoms with E-state index in [1.165, 1.54) is 6.33 Å². The van der Waals surface area contributed by atoms with Crippen LogP contribution in [0.2, 0.25) is 0 Å². The molecule has 0 saturated carbocycles. The molecule has 0 radical (unpaired) electrons. The molecule has 0 amide bonds. The Balaban J connectivity index is 2.63. The van der Waals surface area contributed by atoms with Crippen LogP contribution < -0.4 is 0 Å². The van der Waals surface area contributed by atoms with Gasteiger partial charge >= 0.3 is 0 Å². The summed E-state index contributed by atoms with van der Waals surface area (Å²) in [6.07, 6.45) is 3.11. The smallest absolute Gasteiger partial charge is 0.250 e. The monoisotopic (exact) mass is 177 g/mol. The number of aromatic nitrogens is 3. The van der Waals surface area contributed by atoms with E-state index in [4.69, 9.17) is 4.42 Å². The highest BCUT2D eigenvalue weighted by molar-refractivity contribution is 5.66. The Hall–Kier alpha value is -1.45. The summed E-state index contributed by atoms with van der Waals surface area (Å²) in [6, 6.07) is 0. The van der Waals surface area contributed by atoms with Crippen molar-refractivity contribution in [2.45, 2.75) is 26.2 Å². The Morgan fingerprint density at radius 1 is 1.31 bits per heavy atom. The van der Waals surface area contributed by atoms with Gasteiger partial charge in [-0.3, -0.25) is 0 Å². The molecule has 0 fully saturated rings. The average Bonchev–Trinajstić information content (AvgIpc) is 2.45. The molecule has 0 atom stereocenters. The summed E-state index contributed by atoms with van der Waals surface area (Å²) in [5.74, 6) is 0.697. The van der Waals surface area contributed by atoms with Crippen LogP contribution in [-0.2, 0) is 5.41 Å². The number of nitrogens with zero attached hydrogens (tertiary/aromatic N) is 3. The summed E-state index contributed by atoms with van der Waals surface area (Å²) in [7, 11) is 0. The molecule has 68 valence electrons. The van der Waals surface area contributed by atoms with E-state index >= 15 is 0 Å². The highest BCUT2D eigenvalue weighted by atomic mass is 16.4. The van der Waals surface area contributed by atoms with Gasteiger partial charge in [-0.2, -0.15) is 4.98 Å². The van der Waals surface area contributed by atoms with E-state index in [1.54, 1.807) is 6.20 Å². The number of hydrogen-bond donors (Lipinski definition) is 0. The van der Waals surface area contributed by atoms with Crippen LogP contribution in [0.15, 0.2) is 16.9 Å². The predicted octanol–water partition coefficient (Wildman–Crippen LogP) is 1.92. The Morgan fingerprint density at radius 3 is 2.69 bits per heavy atom. The summed E-state index contributed by atoms with van der Waals surface area (Å²) in [4.78, 5) is 12.1. The molecular weight excluding hydrogens is 166 g/mol. The first-order valence-electron chi connectivity index (χ1n) is 4.14. The third-order valence-electron chi connectivity index (χ3n) is 1.71. The second-order valence-electron chi connectivity index (χ2n) is 3.98. The number of hydrogen-bond acceptors (Lipinski definition) is 4. The fraction of sp³-hybridized carbons (Fsp3) is 0.444. The van der Waals surface area contributed by atoms with Crippen LogP contribution in [0, 0.1) is 0 Å². The summed E-state index contributed by atoms with van der Waals surface area (Å²) >= 11 is 0. The van der Waals surface area contributed by atoms with Crippen molar-refractivity contribution in [1.29, 1.82) is 0 Å². The van der Waals surface area contributed by atoms with Gasteiger partial charge < -0.3 is 4.42 Å². The summed E-state index contributed by atoms with van der Waals surface area (Å²) in [6.45, 7) is 6.14. The maximum absolute atomic E-state index is 5.47. The summed E-state index contributed by atoms with van der Waals surface area (Å²) in [5, 5.41) is 0. The van der Waals surface area contributed by atoms with Gasteiger partial charge in [-0.05, 0) is 0 Å². The van der Waals surface area contributed by atoms with Crippen molar-refractivity contribution in [2.24, 2.45) is 0 Å². The van der Waals surface area contributed by atoms with E-state index in [-0.39, 0.29) is 5.41 Å². The quantitative estimate of drug-likeness (QED) is 0.616. The summed E-state index contributed by atoms with van der Waals surface area (Å²) < 4.78 is 5.47. The molecule has 0 aliphatic carbocycles. The zero-order valence-corrected chi connectivity index (χ0v) is 7.90. The van der Waals surface area contributed by atoms with Gasteiger partial charge in [-0.15, -0.1) is 0 Å².